The number of hydrogen-bond acceptors (Lipinski definition) is 6. The van der Waals surface area contributed by atoms with Gasteiger partial charge < -0.3 is 0 Å². The van der Waals surface area contributed by atoms with Crippen LogP contribution in [0.5, 0.6) is 0 Å². The summed E-state index contributed by atoms with van der Waals surface area (Å²) in [6.07, 6.45) is 1.08. The molecule has 0 amide bonds. The number of Topliss-reactive ketones (excluding diaryl/α,β-unsaturated/α-hetero) is 1. The van der Waals surface area contributed by atoms with Crippen LogP contribution >= 0.6 is 11.8 Å². The van der Waals surface area contributed by atoms with Gasteiger partial charge in [0.25, 0.3) is 0 Å². The van der Waals surface area contributed by atoms with Gasteiger partial charge in [-0.1, -0.05) is 66.4 Å². The Balaban J connectivity index is 1.59. The van der Waals surface area contributed by atoms with Crippen LogP contribution in [0.2, 0.25) is 0 Å². The van der Waals surface area contributed by atoms with Crippen LogP contribution in [0.4, 0.5) is 5.69 Å². The highest BCUT2D eigenvalue weighted by Gasteiger charge is 2.20. The number of thioether (sulfide) groups is 1. The first-order chi connectivity index (χ1) is 15.3. The number of aromatic nitrogens is 2. The van der Waals surface area contributed by atoms with Gasteiger partial charge in [0.2, 0.25) is 10.0 Å². The average Bonchev–Trinajstić information content (AvgIpc) is 2.79. The Morgan fingerprint density at radius 1 is 0.875 bits per heavy atom. The van der Waals surface area contributed by atoms with Gasteiger partial charge in [-0.05, 0) is 31.2 Å². The average molecular weight is 464 g/mol. The Morgan fingerprint density at radius 2 is 1.50 bits per heavy atom. The number of sulfonamides is 1. The molecule has 0 radical (unpaired) electrons. The Hall–Kier alpha value is -3.23. The van der Waals surface area contributed by atoms with E-state index < -0.39 is 15.3 Å². The van der Waals surface area contributed by atoms with Crippen molar-refractivity contribution in [2.45, 2.75) is 17.2 Å². The summed E-state index contributed by atoms with van der Waals surface area (Å²) in [6.45, 7) is 1.83. The largest absolute Gasteiger partial charge is 0.293 e. The minimum absolute atomic E-state index is 0.0704. The van der Waals surface area contributed by atoms with E-state index in [4.69, 9.17) is 0 Å². The molecular formula is C24H21N3O3S2. The van der Waals surface area contributed by atoms with Crippen LogP contribution in [0, 0.1) is 0 Å². The third-order valence-corrected chi connectivity index (χ3v) is 6.53. The Kier molecular flexibility index (Phi) is 6.25. The van der Waals surface area contributed by atoms with E-state index in [1.54, 1.807) is 24.3 Å². The van der Waals surface area contributed by atoms with Crippen molar-refractivity contribution < 1.29 is 13.2 Å². The number of ketones is 1. The molecule has 0 saturated carbocycles. The summed E-state index contributed by atoms with van der Waals surface area (Å²) in [5, 5.41) is 11.1. The Labute approximate surface area is 191 Å². The predicted molar refractivity (Wildman–Crippen MR) is 130 cm³/mol. The van der Waals surface area contributed by atoms with Crippen molar-refractivity contribution in [1.29, 1.82) is 0 Å². The molecule has 6 nitrogen and oxygen atoms in total. The highest BCUT2D eigenvalue weighted by Crippen LogP contribution is 2.34. The second-order valence-corrected chi connectivity index (χ2v) is 10.4. The summed E-state index contributed by atoms with van der Waals surface area (Å²) in [4.78, 5) is 13.0. The summed E-state index contributed by atoms with van der Waals surface area (Å²) in [5.41, 5.74) is 2.71. The minimum atomic E-state index is -3.37. The second kappa shape index (κ2) is 9.10. The molecule has 0 aliphatic rings. The van der Waals surface area contributed by atoms with Gasteiger partial charge in [0.05, 0.1) is 11.5 Å². The molecule has 4 aromatic rings. The predicted octanol–water partition coefficient (Wildman–Crippen LogP) is 5.03. The highest BCUT2D eigenvalue weighted by molar-refractivity contribution is 8.00. The fraction of sp³-hybridized carbons (Fsp3) is 0.125. The number of hydrogen-bond donors (Lipinski definition) is 1. The minimum Gasteiger partial charge on any atom is -0.293 e. The number of nitrogens with zero attached hydrogens (tertiary/aromatic N) is 2. The van der Waals surface area contributed by atoms with Crippen LogP contribution in [0.15, 0.2) is 83.9 Å². The summed E-state index contributed by atoms with van der Waals surface area (Å²) in [5.74, 6) is -0.0704. The Bertz CT molecular complexity index is 1370. The summed E-state index contributed by atoms with van der Waals surface area (Å²) < 4.78 is 25.1. The molecule has 0 aliphatic carbocycles. The van der Waals surface area contributed by atoms with E-state index in [1.165, 1.54) is 11.8 Å². The van der Waals surface area contributed by atoms with Crippen molar-refractivity contribution in [1.82, 2.24) is 10.2 Å². The molecule has 1 heterocycles. The lowest BCUT2D eigenvalue weighted by Gasteiger charge is -2.13. The lowest BCUT2D eigenvalue weighted by molar-refractivity contribution is 0.0994. The molecule has 0 fully saturated rings. The fourth-order valence-corrected chi connectivity index (χ4v) is 4.88. The van der Waals surface area contributed by atoms with Crippen LogP contribution in [0.25, 0.3) is 22.0 Å². The van der Waals surface area contributed by atoms with Gasteiger partial charge in [-0.25, -0.2) is 8.42 Å². The van der Waals surface area contributed by atoms with Crippen LogP contribution in [-0.2, 0) is 10.0 Å². The first-order valence-corrected chi connectivity index (χ1v) is 12.7. The normalized spacial score (nSPS) is 12.4. The molecule has 3 aromatic carbocycles. The van der Waals surface area contributed by atoms with Gasteiger partial charge in [-0.2, -0.15) is 0 Å². The molecule has 0 saturated heterocycles. The maximum Gasteiger partial charge on any atom is 0.229 e. The summed E-state index contributed by atoms with van der Waals surface area (Å²) in [6, 6.07) is 24.2. The van der Waals surface area contributed by atoms with Crippen molar-refractivity contribution in [3.05, 3.63) is 84.4 Å². The lowest BCUT2D eigenvalue weighted by Crippen LogP contribution is -2.14. The molecule has 4 rings (SSSR count). The zero-order valence-corrected chi connectivity index (χ0v) is 19.2. The smallest absolute Gasteiger partial charge is 0.229 e. The number of rotatable bonds is 7. The third-order valence-electron chi connectivity index (χ3n) is 4.83. The van der Waals surface area contributed by atoms with Crippen LogP contribution in [-0.4, -0.2) is 35.9 Å². The van der Waals surface area contributed by atoms with E-state index in [0.29, 0.717) is 16.3 Å². The molecule has 0 bridgehead atoms. The van der Waals surface area contributed by atoms with E-state index in [-0.39, 0.29) is 5.78 Å². The van der Waals surface area contributed by atoms with Gasteiger partial charge in [0.1, 0.15) is 10.7 Å². The van der Waals surface area contributed by atoms with Crippen molar-refractivity contribution >= 4 is 44.0 Å². The lowest BCUT2D eigenvalue weighted by atomic mass is 10.1. The molecular weight excluding hydrogens is 442 g/mol. The molecule has 0 aliphatic heterocycles. The number of anilines is 1. The van der Waals surface area contributed by atoms with Crippen LogP contribution in [0.1, 0.15) is 17.3 Å². The summed E-state index contributed by atoms with van der Waals surface area (Å²) >= 11 is 1.36. The maximum absolute atomic E-state index is 13.0. The number of nitrogens with one attached hydrogen (secondary N) is 1. The maximum atomic E-state index is 13.0. The highest BCUT2D eigenvalue weighted by atomic mass is 32.2. The number of carbonyl (C=O) groups excluding carboxylic acids is 1. The van der Waals surface area contributed by atoms with Crippen molar-refractivity contribution in [2.75, 3.05) is 11.0 Å². The van der Waals surface area contributed by atoms with E-state index in [9.17, 15) is 13.2 Å². The first-order valence-electron chi connectivity index (χ1n) is 9.91. The third kappa shape index (κ3) is 4.98. The van der Waals surface area contributed by atoms with Crippen molar-refractivity contribution in [3.63, 3.8) is 0 Å². The number of benzene rings is 3. The Morgan fingerprint density at radius 3 is 2.16 bits per heavy atom. The van der Waals surface area contributed by atoms with E-state index in [1.807, 2.05) is 61.5 Å². The topological polar surface area (TPSA) is 89.0 Å². The summed E-state index contributed by atoms with van der Waals surface area (Å²) in [7, 11) is -3.37. The number of carbonyl (C=O) groups is 1. The zero-order chi connectivity index (χ0) is 22.7. The van der Waals surface area contributed by atoms with E-state index >= 15 is 0 Å². The molecule has 0 spiro atoms. The van der Waals surface area contributed by atoms with Gasteiger partial charge in [-0.15, -0.1) is 10.2 Å². The van der Waals surface area contributed by atoms with Gasteiger partial charge in [0.15, 0.2) is 5.78 Å². The van der Waals surface area contributed by atoms with Gasteiger partial charge in [-0.3, -0.25) is 9.52 Å². The standard InChI is InChI=1S/C24H21N3O3S2/c1-16(23(28)18-12-14-19(15-13-18)27-32(2,29)30)31-24-21-11-7-6-10-20(21)22(25-26-24)17-8-4-3-5-9-17/h3-16,27H,1-2H3. The fourth-order valence-electron chi connectivity index (χ4n) is 3.35. The van der Waals surface area contributed by atoms with Crippen LogP contribution in [0.3, 0.4) is 0 Å². The van der Waals surface area contributed by atoms with E-state index in [0.717, 1.165) is 28.3 Å². The first kappa shape index (κ1) is 22.0. The zero-order valence-electron chi connectivity index (χ0n) is 17.5. The van der Waals surface area contributed by atoms with E-state index in [2.05, 4.69) is 14.9 Å². The molecule has 1 unspecified atom stereocenters. The second-order valence-electron chi connectivity index (χ2n) is 7.34. The molecule has 32 heavy (non-hydrogen) atoms. The SMILES string of the molecule is CC(Sc1nnc(-c2ccccc2)c2ccccc12)C(=O)c1ccc(NS(C)(=O)=O)cc1. The van der Waals surface area contributed by atoms with Crippen molar-refractivity contribution in [3.8, 4) is 11.3 Å². The van der Waals surface area contributed by atoms with Crippen LogP contribution < -0.4 is 4.72 Å². The monoisotopic (exact) mass is 463 g/mol. The molecule has 1 N–H and O–H groups in total. The quantitative estimate of drug-likeness (QED) is 0.305. The molecule has 1 aromatic heterocycles. The molecule has 8 heteroatoms. The molecule has 1 atom stereocenters. The molecule has 162 valence electrons. The van der Waals surface area contributed by atoms with Gasteiger partial charge >= 0.3 is 0 Å². The van der Waals surface area contributed by atoms with Crippen molar-refractivity contribution in [2.24, 2.45) is 0 Å². The van der Waals surface area contributed by atoms with Gasteiger partial charge in [0, 0.05) is 27.6 Å². The number of fused-ring (bicyclic) bond motifs is 1.